The second kappa shape index (κ2) is 7.97. The van der Waals surface area contributed by atoms with Crippen LogP contribution in [0.5, 0.6) is 0 Å². The summed E-state index contributed by atoms with van der Waals surface area (Å²) in [5, 5.41) is 0. The number of hydrogen-bond donors (Lipinski definition) is 0. The molecule has 2 amide bonds. The molecule has 0 bridgehead atoms. The van der Waals surface area contributed by atoms with Crippen molar-refractivity contribution in [3.05, 3.63) is 29.8 Å². The van der Waals surface area contributed by atoms with Crippen molar-refractivity contribution in [2.75, 3.05) is 57.9 Å². The van der Waals surface area contributed by atoms with Gasteiger partial charge in [-0.1, -0.05) is 12.1 Å². The van der Waals surface area contributed by atoms with Gasteiger partial charge in [-0.15, -0.1) is 0 Å². The molecule has 6 nitrogen and oxygen atoms in total. The zero-order chi connectivity index (χ0) is 17.8. The molecule has 0 spiro atoms. The summed E-state index contributed by atoms with van der Waals surface area (Å²) in [6.07, 6.45) is 0.316. The lowest BCUT2D eigenvalue weighted by atomic mass is 10.1. The van der Waals surface area contributed by atoms with Gasteiger partial charge in [0.1, 0.15) is 0 Å². The highest BCUT2D eigenvalue weighted by molar-refractivity contribution is 6.00. The van der Waals surface area contributed by atoms with Crippen LogP contribution < -0.4 is 4.90 Å². The monoisotopic (exact) mass is 345 g/mol. The third-order valence-electron chi connectivity index (χ3n) is 5.08. The summed E-state index contributed by atoms with van der Waals surface area (Å²) < 4.78 is 5.11. The fraction of sp³-hybridized carbons (Fsp3) is 0.579. The van der Waals surface area contributed by atoms with E-state index in [0.717, 1.165) is 50.6 Å². The Morgan fingerprint density at radius 2 is 2.00 bits per heavy atom. The van der Waals surface area contributed by atoms with Crippen molar-refractivity contribution in [1.82, 2.24) is 9.80 Å². The number of hydrogen-bond acceptors (Lipinski definition) is 4. The van der Waals surface area contributed by atoms with Crippen LogP contribution >= 0.6 is 0 Å². The average molecular weight is 345 g/mol. The van der Waals surface area contributed by atoms with Crippen molar-refractivity contribution < 1.29 is 14.3 Å². The first-order valence-corrected chi connectivity index (χ1v) is 8.95. The number of rotatable bonds is 5. The Labute approximate surface area is 149 Å². The van der Waals surface area contributed by atoms with Crippen molar-refractivity contribution in [1.29, 1.82) is 0 Å². The molecule has 1 atom stereocenters. The van der Waals surface area contributed by atoms with Crippen LogP contribution in [0, 0.1) is 12.8 Å². The van der Waals surface area contributed by atoms with E-state index in [-0.39, 0.29) is 17.7 Å². The normalized spacial score (nSPS) is 21.8. The van der Waals surface area contributed by atoms with Crippen molar-refractivity contribution >= 4 is 17.5 Å². The first kappa shape index (κ1) is 17.9. The van der Waals surface area contributed by atoms with Crippen molar-refractivity contribution in [3.8, 4) is 0 Å². The summed E-state index contributed by atoms with van der Waals surface area (Å²) in [4.78, 5) is 31.2. The van der Waals surface area contributed by atoms with Crippen molar-refractivity contribution in [2.24, 2.45) is 5.92 Å². The number of nitrogens with zero attached hydrogens (tertiary/aromatic N) is 3. The van der Waals surface area contributed by atoms with Crippen LogP contribution in [0.3, 0.4) is 0 Å². The molecule has 2 heterocycles. The van der Waals surface area contributed by atoms with Crippen LogP contribution in [0.1, 0.15) is 12.0 Å². The lowest BCUT2D eigenvalue weighted by Crippen LogP contribution is -2.51. The molecule has 2 fully saturated rings. The molecule has 2 aliphatic heterocycles. The number of benzene rings is 1. The molecule has 2 saturated heterocycles. The maximum Gasteiger partial charge on any atom is 0.228 e. The number of ether oxygens (including phenoxy) is 1. The summed E-state index contributed by atoms with van der Waals surface area (Å²) >= 11 is 0. The third kappa shape index (κ3) is 4.19. The number of carbonyl (C=O) groups is 2. The Morgan fingerprint density at radius 3 is 2.68 bits per heavy atom. The van der Waals surface area contributed by atoms with Crippen LogP contribution in [-0.2, 0) is 14.3 Å². The SMILES string of the molecule is COCCN1CCN(C(=O)C2CC(=O)N(c3cccc(C)c3)C2)CC1. The third-order valence-corrected chi connectivity index (χ3v) is 5.08. The highest BCUT2D eigenvalue weighted by Gasteiger charge is 2.37. The van der Waals surface area contributed by atoms with E-state index in [1.54, 1.807) is 12.0 Å². The molecule has 2 aliphatic rings. The van der Waals surface area contributed by atoms with E-state index in [9.17, 15) is 9.59 Å². The molecule has 0 radical (unpaired) electrons. The molecule has 1 unspecified atom stereocenters. The molecule has 136 valence electrons. The fourth-order valence-corrected chi connectivity index (χ4v) is 3.59. The van der Waals surface area contributed by atoms with Crippen LogP contribution in [0.2, 0.25) is 0 Å². The summed E-state index contributed by atoms with van der Waals surface area (Å²) in [6, 6.07) is 7.90. The Hall–Kier alpha value is -1.92. The minimum Gasteiger partial charge on any atom is -0.383 e. The zero-order valence-electron chi connectivity index (χ0n) is 15.1. The summed E-state index contributed by atoms with van der Waals surface area (Å²) in [5.74, 6) is -0.0592. The standard InChI is InChI=1S/C19H27N3O3/c1-15-4-3-5-17(12-15)22-14-16(13-18(22)23)19(24)21-8-6-20(7-9-21)10-11-25-2/h3-5,12,16H,6-11,13-14H2,1-2H3. The van der Waals surface area contributed by atoms with E-state index in [4.69, 9.17) is 4.74 Å². The largest absolute Gasteiger partial charge is 0.383 e. The van der Waals surface area contributed by atoms with E-state index >= 15 is 0 Å². The van der Waals surface area contributed by atoms with Crippen molar-refractivity contribution in [3.63, 3.8) is 0 Å². The quantitative estimate of drug-likeness (QED) is 0.803. The van der Waals surface area contributed by atoms with Crippen molar-refractivity contribution in [2.45, 2.75) is 13.3 Å². The van der Waals surface area contributed by atoms with E-state index in [1.165, 1.54) is 0 Å². The van der Waals surface area contributed by atoms with Crippen LogP contribution in [0.15, 0.2) is 24.3 Å². The molecule has 25 heavy (non-hydrogen) atoms. The molecule has 0 N–H and O–H groups in total. The van der Waals surface area contributed by atoms with Gasteiger partial charge >= 0.3 is 0 Å². The highest BCUT2D eigenvalue weighted by atomic mass is 16.5. The van der Waals surface area contributed by atoms with Gasteiger partial charge in [0.05, 0.1) is 12.5 Å². The maximum atomic E-state index is 12.8. The van der Waals surface area contributed by atoms with Gasteiger partial charge in [0.25, 0.3) is 0 Å². The van der Waals surface area contributed by atoms with Gasteiger partial charge in [0, 0.05) is 58.5 Å². The van der Waals surface area contributed by atoms with E-state index in [1.807, 2.05) is 36.1 Å². The molecule has 0 aromatic heterocycles. The minimum absolute atomic E-state index is 0.0441. The maximum absolute atomic E-state index is 12.8. The number of anilines is 1. The van der Waals surface area contributed by atoms with Gasteiger partial charge < -0.3 is 14.5 Å². The average Bonchev–Trinajstić information content (AvgIpc) is 3.01. The molecule has 1 aromatic rings. The zero-order valence-corrected chi connectivity index (χ0v) is 15.1. The van der Waals surface area contributed by atoms with E-state index in [0.29, 0.717) is 13.0 Å². The number of aryl methyl sites for hydroxylation is 1. The first-order valence-electron chi connectivity index (χ1n) is 8.95. The second-order valence-corrected chi connectivity index (χ2v) is 6.90. The Kier molecular flexibility index (Phi) is 5.71. The Morgan fingerprint density at radius 1 is 1.24 bits per heavy atom. The number of piperazine rings is 1. The number of methoxy groups -OCH3 is 1. The number of carbonyl (C=O) groups excluding carboxylic acids is 2. The molecular formula is C19H27N3O3. The Bertz CT molecular complexity index is 626. The molecular weight excluding hydrogens is 318 g/mol. The molecule has 0 aliphatic carbocycles. The highest BCUT2D eigenvalue weighted by Crippen LogP contribution is 2.27. The number of amides is 2. The lowest BCUT2D eigenvalue weighted by molar-refractivity contribution is -0.137. The van der Waals surface area contributed by atoms with Gasteiger partial charge in [-0.3, -0.25) is 14.5 Å². The van der Waals surface area contributed by atoms with Crippen LogP contribution in [0.4, 0.5) is 5.69 Å². The predicted molar refractivity (Wildman–Crippen MR) is 96.5 cm³/mol. The summed E-state index contributed by atoms with van der Waals surface area (Å²) in [6.45, 7) is 7.34. The van der Waals surface area contributed by atoms with Crippen LogP contribution in [0.25, 0.3) is 0 Å². The Balaban J connectivity index is 1.56. The smallest absolute Gasteiger partial charge is 0.228 e. The van der Waals surface area contributed by atoms with Gasteiger partial charge in [-0.2, -0.15) is 0 Å². The summed E-state index contributed by atoms with van der Waals surface area (Å²) in [7, 11) is 1.71. The van der Waals surface area contributed by atoms with Crippen LogP contribution in [-0.4, -0.2) is 74.6 Å². The molecule has 0 saturated carbocycles. The van der Waals surface area contributed by atoms with Gasteiger partial charge in [-0.25, -0.2) is 0 Å². The first-order chi connectivity index (χ1) is 12.1. The van der Waals surface area contributed by atoms with E-state index < -0.39 is 0 Å². The topological polar surface area (TPSA) is 53.1 Å². The van der Waals surface area contributed by atoms with E-state index in [2.05, 4.69) is 4.90 Å². The minimum atomic E-state index is -0.224. The molecule has 1 aromatic carbocycles. The molecule has 3 rings (SSSR count). The van der Waals surface area contributed by atoms with Gasteiger partial charge in [0.2, 0.25) is 11.8 Å². The summed E-state index contributed by atoms with van der Waals surface area (Å²) in [5.41, 5.74) is 2.01. The molecule has 6 heteroatoms. The van der Waals surface area contributed by atoms with Gasteiger partial charge in [0.15, 0.2) is 0 Å². The van der Waals surface area contributed by atoms with Gasteiger partial charge in [-0.05, 0) is 24.6 Å². The predicted octanol–water partition coefficient (Wildman–Crippen LogP) is 1.14. The fourth-order valence-electron chi connectivity index (χ4n) is 3.59. The second-order valence-electron chi connectivity index (χ2n) is 6.90. The lowest BCUT2D eigenvalue weighted by Gasteiger charge is -2.35.